The first-order valence-corrected chi connectivity index (χ1v) is 8.23. The molecule has 0 fully saturated rings. The van der Waals surface area contributed by atoms with Gasteiger partial charge in [0.1, 0.15) is 0 Å². The lowest BCUT2D eigenvalue weighted by Gasteiger charge is -2.17. The fourth-order valence-electron chi connectivity index (χ4n) is 3.49. The standard InChI is InChI=1S/C20H19BO2/c1-3-22-21(23-4-2)18-13-11-16-9-8-14-6-5-7-15-10-12-17(18)20(16)19(14)15/h5-13H,3-4H2,1-2H3. The van der Waals surface area contributed by atoms with Gasteiger partial charge in [-0.15, -0.1) is 0 Å². The molecule has 0 aliphatic heterocycles. The van der Waals surface area contributed by atoms with Gasteiger partial charge in [0, 0.05) is 13.2 Å². The zero-order chi connectivity index (χ0) is 15.8. The molecule has 0 saturated carbocycles. The number of rotatable bonds is 5. The van der Waals surface area contributed by atoms with Gasteiger partial charge in [-0.05, 0) is 51.6 Å². The smallest absolute Gasteiger partial charge is 0.408 e. The third-order valence-electron chi connectivity index (χ3n) is 4.45. The Bertz CT molecular complexity index is 942. The van der Waals surface area contributed by atoms with Gasteiger partial charge < -0.3 is 9.31 Å². The van der Waals surface area contributed by atoms with Gasteiger partial charge in [-0.1, -0.05) is 54.6 Å². The second kappa shape index (κ2) is 5.84. The van der Waals surface area contributed by atoms with Gasteiger partial charge in [0.2, 0.25) is 0 Å². The first-order valence-electron chi connectivity index (χ1n) is 8.23. The molecule has 0 bridgehead atoms. The highest BCUT2D eigenvalue weighted by Crippen LogP contribution is 2.33. The van der Waals surface area contributed by atoms with E-state index in [0.717, 1.165) is 5.46 Å². The molecule has 0 atom stereocenters. The Hall–Kier alpha value is -2.10. The van der Waals surface area contributed by atoms with E-state index in [2.05, 4.69) is 54.6 Å². The van der Waals surface area contributed by atoms with E-state index in [4.69, 9.17) is 9.31 Å². The van der Waals surface area contributed by atoms with E-state index in [9.17, 15) is 0 Å². The molecular formula is C20H19BO2. The summed E-state index contributed by atoms with van der Waals surface area (Å²) in [6.45, 7) is 5.27. The van der Waals surface area contributed by atoms with Gasteiger partial charge in [-0.3, -0.25) is 0 Å². The Labute approximate surface area is 136 Å². The van der Waals surface area contributed by atoms with Gasteiger partial charge in [-0.25, -0.2) is 0 Å². The second-order valence-corrected chi connectivity index (χ2v) is 5.75. The van der Waals surface area contributed by atoms with E-state index in [0.29, 0.717) is 13.2 Å². The average molecular weight is 302 g/mol. The van der Waals surface area contributed by atoms with Crippen molar-refractivity contribution in [2.24, 2.45) is 0 Å². The van der Waals surface area contributed by atoms with E-state index in [1.807, 2.05) is 13.8 Å². The summed E-state index contributed by atoms with van der Waals surface area (Å²) in [4.78, 5) is 0. The van der Waals surface area contributed by atoms with Crippen LogP contribution in [0.5, 0.6) is 0 Å². The minimum atomic E-state index is -0.311. The van der Waals surface area contributed by atoms with Crippen molar-refractivity contribution in [2.75, 3.05) is 13.2 Å². The van der Waals surface area contributed by atoms with E-state index in [1.165, 1.54) is 32.3 Å². The molecule has 4 aromatic carbocycles. The van der Waals surface area contributed by atoms with Crippen LogP contribution in [0.4, 0.5) is 0 Å². The third kappa shape index (κ3) is 2.28. The van der Waals surface area contributed by atoms with Gasteiger partial charge in [0.05, 0.1) is 0 Å². The summed E-state index contributed by atoms with van der Waals surface area (Å²) >= 11 is 0. The minimum absolute atomic E-state index is 0.311. The summed E-state index contributed by atoms with van der Waals surface area (Å²) in [5, 5.41) is 7.68. The maximum atomic E-state index is 5.84. The Kier molecular flexibility index (Phi) is 3.68. The lowest BCUT2D eigenvalue weighted by Crippen LogP contribution is -2.37. The Morgan fingerprint density at radius 1 is 0.696 bits per heavy atom. The monoisotopic (exact) mass is 302 g/mol. The molecule has 0 aliphatic carbocycles. The lowest BCUT2D eigenvalue weighted by atomic mass is 9.74. The first-order chi connectivity index (χ1) is 11.3. The third-order valence-corrected chi connectivity index (χ3v) is 4.45. The lowest BCUT2D eigenvalue weighted by molar-refractivity contribution is 0.225. The van der Waals surface area contributed by atoms with Crippen LogP contribution in [-0.4, -0.2) is 20.3 Å². The van der Waals surface area contributed by atoms with Crippen LogP contribution in [-0.2, 0) is 9.31 Å². The first kappa shape index (κ1) is 14.5. The molecule has 0 aliphatic rings. The van der Waals surface area contributed by atoms with Crippen LogP contribution in [0.15, 0.2) is 54.6 Å². The molecule has 0 radical (unpaired) electrons. The van der Waals surface area contributed by atoms with Crippen LogP contribution in [0.1, 0.15) is 13.8 Å². The van der Waals surface area contributed by atoms with Gasteiger partial charge in [-0.2, -0.15) is 0 Å². The van der Waals surface area contributed by atoms with E-state index in [1.54, 1.807) is 0 Å². The molecule has 2 nitrogen and oxygen atoms in total. The molecule has 4 rings (SSSR count). The van der Waals surface area contributed by atoms with Crippen molar-refractivity contribution < 1.29 is 9.31 Å². The molecule has 0 aromatic heterocycles. The molecule has 4 aromatic rings. The summed E-state index contributed by atoms with van der Waals surface area (Å²) in [5.41, 5.74) is 1.11. The summed E-state index contributed by atoms with van der Waals surface area (Å²) in [7, 11) is -0.311. The van der Waals surface area contributed by atoms with Crippen LogP contribution in [0.3, 0.4) is 0 Å². The maximum Gasteiger partial charge on any atom is 0.494 e. The predicted molar refractivity (Wildman–Crippen MR) is 98.8 cm³/mol. The molecule has 0 N–H and O–H groups in total. The molecular weight excluding hydrogens is 283 g/mol. The summed E-state index contributed by atoms with van der Waals surface area (Å²) in [6.07, 6.45) is 0. The molecule has 0 spiro atoms. The zero-order valence-corrected chi connectivity index (χ0v) is 13.5. The highest BCUT2D eigenvalue weighted by atomic mass is 16.6. The fraction of sp³-hybridized carbons (Fsp3) is 0.200. The van der Waals surface area contributed by atoms with Gasteiger partial charge in [0.15, 0.2) is 0 Å². The van der Waals surface area contributed by atoms with E-state index >= 15 is 0 Å². The molecule has 0 saturated heterocycles. The number of hydrogen-bond acceptors (Lipinski definition) is 2. The van der Waals surface area contributed by atoms with E-state index in [-0.39, 0.29) is 7.12 Å². The molecule has 23 heavy (non-hydrogen) atoms. The zero-order valence-electron chi connectivity index (χ0n) is 13.5. The highest BCUT2D eigenvalue weighted by Gasteiger charge is 2.23. The fourth-order valence-corrected chi connectivity index (χ4v) is 3.49. The molecule has 0 amide bonds. The van der Waals surface area contributed by atoms with Crippen molar-refractivity contribution in [3.8, 4) is 0 Å². The molecule has 0 heterocycles. The number of benzene rings is 4. The van der Waals surface area contributed by atoms with Crippen molar-refractivity contribution >= 4 is 44.9 Å². The Morgan fingerprint density at radius 3 is 1.91 bits per heavy atom. The molecule has 114 valence electrons. The van der Waals surface area contributed by atoms with Crippen molar-refractivity contribution in [1.29, 1.82) is 0 Å². The second-order valence-electron chi connectivity index (χ2n) is 5.75. The van der Waals surface area contributed by atoms with Gasteiger partial charge in [0.25, 0.3) is 0 Å². The predicted octanol–water partition coefficient (Wildman–Crippen LogP) is 4.35. The highest BCUT2D eigenvalue weighted by molar-refractivity contribution is 6.65. The van der Waals surface area contributed by atoms with Crippen LogP contribution >= 0.6 is 0 Å². The maximum absolute atomic E-state index is 5.84. The summed E-state index contributed by atoms with van der Waals surface area (Å²) in [6, 6.07) is 19.6. The largest absolute Gasteiger partial charge is 0.494 e. The summed E-state index contributed by atoms with van der Waals surface area (Å²) in [5.74, 6) is 0. The molecule has 0 unspecified atom stereocenters. The SMILES string of the molecule is CCOB(OCC)c1ccc2ccc3cccc4ccc1c2c34. The molecule has 3 heteroatoms. The minimum Gasteiger partial charge on any atom is -0.408 e. The van der Waals surface area contributed by atoms with Crippen LogP contribution in [0.25, 0.3) is 32.3 Å². The van der Waals surface area contributed by atoms with Crippen molar-refractivity contribution in [3.05, 3.63) is 54.6 Å². The van der Waals surface area contributed by atoms with E-state index < -0.39 is 0 Å². The van der Waals surface area contributed by atoms with Crippen LogP contribution < -0.4 is 5.46 Å². The van der Waals surface area contributed by atoms with Crippen molar-refractivity contribution in [1.82, 2.24) is 0 Å². The van der Waals surface area contributed by atoms with Crippen molar-refractivity contribution in [2.45, 2.75) is 13.8 Å². The van der Waals surface area contributed by atoms with Crippen LogP contribution in [0.2, 0.25) is 0 Å². The Morgan fingerprint density at radius 2 is 1.26 bits per heavy atom. The number of hydrogen-bond donors (Lipinski definition) is 0. The summed E-state index contributed by atoms with van der Waals surface area (Å²) < 4.78 is 11.7. The quantitative estimate of drug-likeness (QED) is 0.403. The average Bonchev–Trinajstić information content (AvgIpc) is 2.59. The van der Waals surface area contributed by atoms with Crippen LogP contribution in [0, 0.1) is 0 Å². The normalized spacial score (nSPS) is 11.7. The van der Waals surface area contributed by atoms with Gasteiger partial charge >= 0.3 is 7.12 Å². The van der Waals surface area contributed by atoms with Crippen molar-refractivity contribution in [3.63, 3.8) is 0 Å². The topological polar surface area (TPSA) is 18.5 Å². The Balaban J connectivity index is 2.06.